The largest absolute Gasteiger partial charge is 0.456 e. The minimum atomic E-state index is 0.580. The summed E-state index contributed by atoms with van der Waals surface area (Å²) in [5, 5.41) is 4.52. The van der Waals surface area contributed by atoms with Crippen LogP contribution in [0, 0.1) is 0 Å². The Bertz CT molecular complexity index is 573. The fourth-order valence-electron chi connectivity index (χ4n) is 1.77. The zero-order valence-electron chi connectivity index (χ0n) is 11.7. The average Bonchev–Trinajstić information content (AvgIpc) is 2.48. The van der Waals surface area contributed by atoms with Gasteiger partial charge in [0.2, 0.25) is 0 Å². The van der Waals surface area contributed by atoms with Gasteiger partial charge in [0.1, 0.15) is 11.5 Å². The van der Waals surface area contributed by atoms with Crippen molar-refractivity contribution in [1.82, 2.24) is 5.32 Å². The van der Waals surface area contributed by atoms with E-state index >= 15 is 0 Å². The van der Waals surface area contributed by atoms with E-state index in [0.717, 1.165) is 18.7 Å². The van der Waals surface area contributed by atoms with Gasteiger partial charge in [-0.25, -0.2) is 0 Å². The Labute approximate surface area is 134 Å². The van der Waals surface area contributed by atoms with E-state index in [2.05, 4.69) is 5.32 Å². The first-order valence-corrected chi connectivity index (χ1v) is 7.36. The molecule has 2 aromatic rings. The van der Waals surface area contributed by atoms with Crippen molar-refractivity contribution in [3.63, 3.8) is 0 Å². The molecule has 0 unspecified atom stereocenters. The SMILES string of the molecule is COCCNCc1ccc(Oc2ccc(Cl)cc2)c(Cl)c1. The van der Waals surface area contributed by atoms with Crippen LogP contribution in [-0.4, -0.2) is 20.3 Å². The molecule has 0 bridgehead atoms. The lowest BCUT2D eigenvalue weighted by Crippen LogP contribution is -2.18. The summed E-state index contributed by atoms with van der Waals surface area (Å²) in [5.74, 6) is 1.33. The Morgan fingerprint density at radius 2 is 1.81 bits per heavy atom. The predicted octanol–water partition coefficient (Wildman–Crippen LogP) is 4.52. The van der Waals surface area contributed by atoms with Gasteiger partial charge in [-0.05, 0) is 42.0 Å². The lowest BCUT2D eigenvalue weighted by atomic mass is 10.2. The van der Waals surface area contributed by atoms with Crippen LogP contribution in [0.3, 0.4) is 0 Å². The third-order valence-electron chi connectivity index (χ3n) is 2.85. The van der Waals surface area contributed by atoms with Gasteiger partial charge < -0.3 is 14.8 Å². The summed E-state index contributed by atoms with van der Waals surface area (Å²) in [4.78, 5) is 0. The maximum absolute atomic E-state index is 6.25. The molecule has 0 fully saturated rings. The highest BCUT2D eigenvalue weighted by Gasteiger charge is 2.05. The molecule has 21 heavy (non-hydrogen) atoms. The summed E-state index contributed by atoms with van der Waals surface area (Å²) in [5.41, 5.74) is 1.10. The predicted molar refractivity (Wildman–Crippen MR) is 86.6 cm³/mol. The van der Waals surface area contributed by atoms with Crippen molar-refractivity contribution in [3.8, 4) is 11.5 Å². The van der Waals surface area contributed by atoms with Gasteiger partial charge in [0.15, 0.2) is 0 Å². The highest BCUT2D eigenvalue weighted by Crippen LogP contribution is 2.30. The molecule has 2 aromatic carbocycles. The molecule has 2 rings (SSSR count). The highest BCUT2D eigenvalue weighted by atomic mass is 35.5. The van der Waals surface area contributed by atoms with Crippen LogP contribution in [0.2, 0.25) is 10.0 Å². The van der Waals surface area contributed by atoms with Gasteiger partial charge in [-0.15, -0.1) is 0 Å². The fourth-order valence-corrected chi connectivity index (χ4v) is 2.14. The first-order chi connectivity index (χ1) is 10.2. The molecule has 0 aliphatic rings. The van der Waals surface area contributed by atoms with Crippen molar-refractivity contribution in [2.24, 2.45) is 0 Å². The molecule has 112 valence electrons. The van der Waals surface area contributed by atoms with Gasteiger partial charge in [0.25, 0.3) is 0 Å². The van der Waals surface area contributed by atoms with E-state index in [1.54, 1.807) is 31.4 Å². The molecule has 0 amide bonds. The summed E-state index contributed by atoms with van der Waals surface area (Å²) < 4.78 is 10.7. The number of rotatable bonds is 7. The van der Waals surface area contributed by atoms with Crippen LogP contribution in [0.4, 0.5) is 0 Å². The molecule has 0 saturated carbocycles. The molecule has 0 radical (unpaired) electrons. The molecule has 5 heteroatoms. The van der Waals surface area contributed by atoms with E-state index < -0.39 is 0 Å². The van der Waals surface area contributed by atoms with Crippen LogP contribution in [0.5, 0.6) is 11.5 Å². The second kappa shape index (κ2) is 8.25. The first-order valence-electron chi connectivity index (χ1n) is 6.60. The lowest BCUT2D eigenvalue weighted by molar-refractivity contribution is 0.199. The molecule has 0 spiro atoms. The molecule has 3 nitrogen and oxygen atoms in total. The molecular formula is C16H17Cl2NO2. The van der Waals surface area contributed by atoms with Crippen molar-refractivity contribution < 1.29 is 9.47 Å². The van der Waals surface area contributed by atoms with Gasteiger partial charge in [0, 0.05) is 25.2 Å². The Morgan fingerprint density at radius 3 is 2.48 bits per heavy atom. The molecule has 1 N–H and O–H groups in total. The fraction of sp³-hybridized carbons (Fsp3) is 0.250. The van der Waals surface area contributed by atoms with E-state index in [-0.39, 0.29) is 0 Å². The van der Waals surface area contributed by atoms with Gasteiger partial charge in [-0.3, -0.25) is 0 Å². The summed E-state index contributed by atoms with van der Waals surface area (Å²) in [6, 6.07) is 12.9. The maximum Gasteiger partial charge on any atom is 0.146 e. The van der Waals surface area contributed by atoms with Crippen LogP contribution >= 0.6 is 23.2 Å². The third-order valence-corrected chi connectivity index (χ3v) is 3.40. The summed E-state index contributed by atoms with van der Waals surface area (Å²) in [6.07, 6.45) is 0. The number of benzene rings is 2. The summed E-state index contributed by atoms with van der Waals surface area (Å²) >= 11 is 12.1. The van der Waals surface area contributed by atoms with Gasteiger partial charge in [-0.1, -0.05) is 29.3 Å². The van der Waals surface area contributed by atoms with Crippen LogP contribution < -0.4 is 10.1 Å². The van der Waals surface area contributed by atoms with Crippen molar-refractivity contribution in [1.29, 1.82) is 0 Å². The van der Waals surface area contributed by atoms with E-state index in [0.29, 0.717) is 28.2 Å². The quantitative estimate of drug-likeness (QED) is 0.759. The van der Waals surface area contributed by atoms with Crippen molar-refractivity contribution in [2.75, 3.05) is 20.3 Å². The number of hydrogen-bond donors (Lipinski definition) is 1. The lowest BCUT2D eigenvalue weighted by Gasteiger charge is -2.10. The minimum Gasteiger partial charge on any atom is -0.456 e. The second-order valence-corrected chi connectivity index (χ2v) is 5.33. The standard InChI is InChI=1S/C16H17Cl2NO2/c1-20-9-8-19-11-12-2-7-16(15(18)10-12)21-14-5-3-13(17)4-6-14/h2-7,10,19H,8-9,11H2,1H3. The first kappa shape index (κ1) is 16.1. The van der Waals surface area contributed by atoms with Crippen LogP contribution in [0.15, 0.2) is 42.5 Å². The van der Waals surface area contributed by atoms with Crippen molar-refractivity contribution >= 4 is 23.2 Å². The molecule has 0 heterocycles. The molecule has 0 saturated heterocycles. The Hall–Kier alpha value is -1.26. The molecule has 0 aliphatic carbocycles. The van der Waals surface area contributed by atoms with E-state index in [1.807, 2.05) is 18.2 Å². The van der Waals surface area contributed by atoms with E-state index in [9.17, 15) is 0 Å². The number of ether oxygens (including phenoxy) is 2. The van der Waals surface area contributed by atoms with Crippen LogP contribution in [0.25, 0.3) is 0 Å². The molecular weight excluding hydrogens is 309 g/mol. The Balaban J connectivity index is 1.97. The monoisotopic (exact) mass is 325 g/mol. The minimum absolute atomic E-state index is 0.580. The highest BCUT2D eigenvalue weighted by molar-refractivity contribution is 6.32. The van der Waals surface area contributed by atoms with E-state index in [1.165, 1.54) is 0 Å². The number of methoxy groups -OCH3 is 1. The van der Waals surface area contributed by atoms with E-state index in [4.69, 9.17) is 32.7 Å². The number of nitrogens with one attached hydrogen (secondary N) is 1. The molecule has 0 atom stereocenters. The Kier molecular flexibility index (Phi) is 6.33. The second-order valence-electron chi connectivity index (χ2n) is 4.49. The zero-order valence-corrected chi connectivity index (χ0v) is 13.2. The summed E-state index contributed by atoms with van der Waals surface area (Å²) in [6.45, 7) is 2.23. The van der Waals surface area contributed by atoms with Crippen molar-refractivity contribution in [2.45, 2.75) is 6.54 Å². The Morgan fingerprint density at radius 1 is 1.05 bits per heavy atom. The molecule has 0 aliphatic heterocycles. The molecule has 0 aromatic heterocycles. The van der Waals surface area contributed by atoms with Crippen LogP contribution in [-0.2, 0) is 11.3 Å². The smallest absolute Gasteiger partial charge is 0.146 e. The maximum atomic E-state index is 6.25. The normalized spacial score (nSPS) is 10.6. The zero-order chi connectivity index (χ0) is 15.1. The number of hydrogen-bond acceptors (Lipinski definition) is 3. The average molecular weight is 326 g/mol. The van der Waals surface area contributed by atoms with Crippen molar-refractivity contribution in [3.05, 3.63) is 58.1 Å². The van der Waals surface area contributed by atoms with Gasteiger partial charge in [0.05, 0.1) is 11.6 Å². The third kappa shape index (κ3) is 5.21. The van der Waals surface area contributed by atoms with Gasteiger partial charge in [-0.2, -0.15) is 0 Å². The van der Waals surface area contributed by atoms with Crippen LogP contribution in [0.1, 0.15) is 5.56 Å². The topological polar surface area (TPSA) is 30.5 Å². The number of halogens is 2. The van der Waals surface area contributed by atoms with Gasteiger partial charge >= 0.3 is 0 Å². The summed E-state index contributed by atoms with van der Waals surface area (Å²) in [7, 11) is 1.68.